The molecule has 8 heteroatoms. The summed E-state index contributed by atoms with van der Waals surface area (Å²) >= 11 is 0. The smallest absolute Gasteiger partial charge is 0.353 e. The average Bonchev–Trinajstić information content (AvgIpc) is 2.60. The van der Waals surface area contributed by atoms with E-state index >= 15 is 0 Å². The molecule has 7 nitrogen and oxygen atoms in total. The summed E-state index contributed by atoms with van der Waals surface area (Å²) in [6.07, 6.45) is 0.579. The van der Waals surface area contributed by atoms with Crippen LogP contribution in [0, 0.1) is 0 Å². The second kappa shape index (κ2) is 4.76. The van der Waals surface area contributed by atoms with E-state index in [1.165, 1.54) is 11.8 Å². The SMILES string of the molecule is CC(=O)NC(C)S(=O)C1=C(C(=O)O)N2C(=O)CC2C1. The molecule has 3 atom stereocenters. The lowest BCUT2D eigenvalue weighted by atomic mass is 10.0. The van der Waals surface area contributed by atoms with Crippen molar-refractivity contribution in [1.82, 2.24) is 10.2 Å². The second-order valence-electron chi connectivity index (χ2n) is 4.54. The van der Waals surface area contributed by atoms with E-state index in [2.05, 4.69) is 5.32 Å². The standard InChI is InChI=1S/C11H14N2O5S/c1-5(14)12-6(2)19(18)8-3-7-4-9(15)13(7)10(8)11(16)17/h6-7H,3-4H2,1-2H3,(H,12,14)(H,16,17). The van der Waals surface area contributed by atoms with Crippen LogP contribution < -0.4 is 5.32 Å². The van der Waals surface area contributed by atoms with Crippen LogP contribution in [0.4, 0.5) is 0 Å². The van der Waals surface area contributed by atoms with Crippen LogP contribution in [0.3, 0.4) is 0 Å². The Kier molecular flexibility index (Phi) is 3.44. The Morgan fingerprint density at radius 2 is 2.11 bits per heavy atom. The predicted molar refractivity (Wildman–Crippen MR) is 66.0 cm³/mol. The number of β-lactam (4-membered cyclic amide) rings is 1. The van der Waals surface area contributed by atoms with Crippen molar-refractivity contribution in [2.45, 2.75) is 38.1 Å². The molecule has 0 radical (unpaired) electrons. The Labute approximate surface area is 112 Å². The fourth-order valence-corrected chi connectivity index (χ4v) is 3.78. The highest BCUT2D eigenvalue weighted by Crippen LogP contribution is 2.40. The molecule has 2 amide bonds. The highest BCUT2D eigenvalue weighted by atomic mass is 32.2. The van der Waals surface area contributed by atoms with Gasteiger partial charge in [0.15, 0.2) is 0 Å². The third-order valence-corrected chi connectivity index (χ3v) is 4.75. The Bertz CT molecular complexity index is 527. The second-order valence-corrected chi connectivity index (χ2v) is 6.34. The van der Waals surface area contributed by atoms with Crippen LogP contribution in [0.5, 0.6) is 0 Å². The number of nitrogens with one attached hydrogen (secondary N) is 1. The Hall–Kier alpha value is -1.70. The lowest BCUT2D eigenvalue weighted by Crippen LogP contribution is -2.49. The number of carbonyl (C=O) groups is 3. The summed E-state index contributed by atoms with van der Waals surface area (Å²) in [5.41, 5.74) is -0.184. The number of carbonyl (C=O) groups excluding carboxylic acids is 2. The lowest BCUT2D eigenvalue weighted by molar-refractivity contribution is -0.147. The summed E-state index contributed by atoms with van der Waals surface area (Å²) in [6.45, 7) is 2.84. The van der Waals surface area contributed by atoms with Crippen molar-refractivity contribution in [3.8, 4) is 0 Å². The molecule has 0 aliphatic carbocycles. The van der Waals surface area contributed by atoms with E-state index in [1.54, 1.807) is 6.92 Å². The minimum Gasteiger partial charge on any atom is -0.477 e. The highest BCUT2D eigenvalue weighted by Gasteiger charge is 2.49. The lowest BCUT2D eigenvalue weighted by Gasteiger charge is -2.34. The first-order valence-electron chi connectivity index (χ1n) is 5.79. The molecule has 3 unspecified atom stereocenters. The first kappa shape index (κ1) is 13.7. The number of carboxylic acid groups (broad SMARTS) is 1. The molecule has 0 aromatic carbocycles. The molecule has 1 saturated heterocycles. The van der Waals surface area contributed by atoms with Gasteiger partial charge in [-0.1, -0.05) is 0 Å². The summed E-state index contributed by atoms with van der Waals surface area (Å²) in [4.78, 5) is 35.0. The van der Waals surface area contributed by atoms with Crippen molar-refractivity contribution in [3.63, 3.8) is 0 Å². The van der Waals surface area contributed by atoms with Crippen molar-refractivity contribution in [1.29, 1.82) is 0 Å². The fraction of sp³-hybridized carbons (Fsp3) is 0.545. The molecule has 0 aromatic rings. The van der Waals surface area contributed by atoms with Crippen LogP contribution in [0.25, 0.3) is 0 Å². The Balaban J connectivity index is 2.28. The fourth-order valence-electron chi connectivity index (χ4n) is 2.35. The molecular weight excluding hydrogens is 272 g/mol. The van der Waals surface area contributed by atoms with Crippen LogP contribution in [-0.4, -0.2) is 43.4 Å². The van der Waals surface area contributed by atoms with Gasteiger partial charge >= 0.3 is 5.97 Å². The molecule has 19 heavy (non-hydrogen) atoms. The third kappa shape index (κ3) is 2.27. The van der Waals surface area contributed by atoms with Gasteiger partial charge in [0.2, 0.25) is 11.8 Å². The Morgan fingerprint density at radius 1 is 1.47 bits per heavy atom. The summed E-state index contributed by atoms with van der Waals surface area (Å²) in [5.74, 6) is -1.86. The quantitative estimate of drug-likeness (QED) is 0.679. The first-order chi connectivity index (χ1) is 8.82. The highest BCUT2D eigenvalue weighted by molar-refractivity contribution is 7.89. The molecule has 0 saturated carbocycles. The number of amides is 2. The van der Waals surface area contributed by atoms with Crippen molar-refractivity contribution in [2.75, 3.05) is 0 Å². The normalized spacial score (nSPS) is 24.6. The molecule has 0 aromatic heterocycles. The molecule has 0 spiro atoms. The number of fused-ring (bicyclic) bond motifs is 1. The van der Waals surface area contributed by atoms with E-state index < -0.39 is 22.1 Å². The topological polar surface area (TPSA) is 104 Å². The average molecular weight is 286 g/mol. The van der Waals surface area contributed by atoms with Crippen molar-refractivity contribution in [2.24, 2.45) is 0 Å². The van der Waals surface area contributed by atoms with E-state index in [0.717, 1.165) is 0 Å². The van der Waals surface area contributed by atoms with Crippen molar-refractivity contribution < 1.29 is 23.7 Å². The van der Waals surface area contributed by atoms with Gasteiger partial charge in [-0.05, 0) is 6.92 Å². The van der Waals surface area contributed by atoms with Gasteiger partial charge in [0.1, 0.15) is 11.1 Å². The minimum atomic E-state index is -1.65. The van der Waals surface area contributed by atoms with E-state index in [0.29, 0.717) is 6.42 Å². The monoisotopic (exact) mass is 286 g/mol. The van der Waals surface area contributed by atoms with Crippen LogP contribution in [0.15, 0.2) is 10.6 Å². The van der Waals surface area contributed by atoms with Crippen LogP contribution >= 0.6 is 0 Å². The van der Waals surface area contributed by atoms with Crippen LogP contribution in [-0.2, 0) is 25.2 Å². The molecule has 1 fully saturated rings. The number of nitrogens with zero attached hydrogens (tertiary/aromatic N) is 1. The summed E-state index contributed by atoms with van der Waals surface area (Å²) in [7, 11) is -1.65. The van der Waals surface area contributed by atoms with Crippen molar-refractivity contribution >= 4 is 28.6 Å². The number of carboxylic acids is 1. The number of aliphatic carboxylic acids is 1. The molecule has 104 valence electrons. The van der Waals surface area contributed by atoms with Gasteiger partial charge in [0, 0.05) is 19.8 Å². The summed E-state index contributed by atoms with van der Waals surface area (Å²) in [5, 5.41) is 10.9. The van der Waals surface area contributed by atoms with E-state index in [-0.39, 0.29) is 34.9 Å². The number of rotatable bonds is 4. The number of hydrogen-bond acceptors (Lipinski definition) is 4. The van der Waals surface area contributed by atoms with Gasteiger partial charge in [-0.2, -0.15) is 0 Å². The van der Waals surface area contributed by atoms with Crippen molar-refractivity contribution in [3.05, 3.63) is 10.6 Å². The van der Waals surface area contributed by atoms with Gasteiger partial charge in [0.25, 0.3) is 0 Å². The predicted octanol–water partition coefficient (Wildman–Crippen LogP) is -0.482. The minimum absolute atomic E-state index is 0.184. The van der Waals surface area contributed by atoms with Crippen LogP contribution in [0.2, 0.25) is 0 Å². The Morgan fingerprint density at radius 3 is 2.58 bits per heavy atom. The van der Waals surface area contributed by atoms with Crippen LogP contribution in [0.1, 0.15) is 26.7 Å². The third-order valence-electron chi connectivity index (χ3n) is 3.14. The maximum atomic E-state index is 12.3. The molecule has 0 bridgehead atoms. The van der Waals surface area contributed by atoms with Gasteiger partial charge in [-0.15, -0.1) is 0 Å². The maximum absolute atomic E-state index is 12.3. The molecule has 2 aliphatic heterocycles. The van der Waals surface area contributed by atoms with E-state index in [4.69, 9.17) is 5.11 Å². The summed E-state index contributed by atoms with van der Waals surface area (Å²) in [6, 6.07) is -0.193. The molecular formula is C11H14N2O5S. The van der Waals surface area contributed by atoms with Gasteiger partial charge in [0.05, 0.1) is 21.7 Å². The van der Waals surface area contributed by atoms with Gasteiger partial charge < -0.3 is 15.3 Å². The largest absolute Gasteiger partial charge is 0.477 e. The molecule has 2 aliphatic rings. The molecule has 2 rings (SSSR count). The van der Waals surface area contributed by atoms with E-state index in [1.807, 2.05) is 0 Å². The van der Waals surface area contributed by atoms with E-state index in [9.17, 15) is 18.6 Å². The summed E-state index contributed by atoms with van der Waals surface area (Å²) < 4.78 is 12.3. The maximum Gasteiger partial charge on any atom is 0.353 e. The zero-order valence-electron chi connectivity index (χ0n) is 10.5. The van der Waals surface area contributed by atoms with Gasteiger partial charge in [-0.25, -0.2) is 4.79 Å². The van der Waals surface area contributed by atoms with Gasteiger partial charge in [-0.3, -0.25) is 13.8 Å². The first-order valence-corrected chi connectivity index (χ1v) is 7.00. The zero-order valence-corrected chi connectivity index (χ0v) is 11.3. The molecule has 2 N–H and O–H groups in total. The molecule has 2 heterocycles. The number of hydrogen-bond donors (Lipinski definition) is 2. The zero-order chi connectivity index (χ0) is 14.3.